The zero-order valence-corrected chi connectivity index (χ0v) is 12.1. The quantitative estimate of drug-likeness (QED) is 0.793. The number of ether oxygens (including phenoxy) is 1. The van der Waals surface area contributed by atoms with Crippen molar-refractivity contribution in [3.8, 4) is 0 Å². The first-order valence-corrected chi connectivity index (χ1v) is 6.43. The molecule has 112 valence electrons. The maximum atomic E-state index is 12.8. The Bertz CT molecular complexity index is 477. The third-order valence-corrected chi connectivity index (χ3v) is 2.98. The predicted octanol–water partition coefficient (Wildman–Crippen LogP) is 3.18. The molecule has 7 heteroatoms. The van der Waals surface area contributed by atoms with Crippen molar-refractivity contribution in [3.05, 3.63) is 29.3 Å². The van der Waals surface area contributed by atoms with Gasteiger partial charge >= 0.3 is 6.18 Å². The van der Waals surface area contributed by atoms with E-state index >= 15 is 0 Å². The van der Waals surface area contributed by atoms with Crippen LogP contribution in [0.15, 0.2) is 18.2 Å². The van der Waals surface area contributed by atoms with E-state index in [0.29, 0.717) is 12.3 Å². The first-order valence-electron chi connectivity index (χ1n) is 6.02. The Morgan fingerprint density at radius 3 is 2.60 bits per heavy atom. The van der Waals surface area contributed by atoms with E-state index in [4.69, 9.17) is 22.7 Å². The zero-order chi connectivity index (χ0) is 15.3. The molecule has 1 unspecified atom stereocenters. The van der Waals surface area contributed by atoms with Crippen molar-refractivity contribution < 1.29 is 17.9 Å². The summed E-state index contributed by atoms with van der Waals surface area (Å²) in [5.41, 5.74) is 4.93. The standard InChI is InChI=1S/C13H17F3N2OS/c1-8(5-6-19-2)18-9-3-4-11(13(14,15)16)10(7-9)12(17)20/h3-4,7-8,18H,5-6H2,1-2H3,(H2,17,20). The van der Waals surface area contributed by atoms with E-state index in [1.165, 1.54) is 12.1 Å². The fraction of sp³-hybridized carbons (Fsp3) is 0.462. The van der Waals surface area contributed by atoms with Gasteiger partial charge in [0.15, 0.2) is 0 Å². The average molecular weight is 306 g/mol. The van der Waals surface area contributed by atoms with Crippen LogP contribution >= 0.6 is 12.2 Å². The van der Waals surface area contributed by atoms with Crippen molar-refractivity contribution in [2.45, 2.75) is 25.6 Å². The Labute approximate surface area is 121 Å². The van der Waals surface area contributed by atoms with E-state index in [1.54, 1.807) is 7.11 Å². The van der Waals surface area contributed by atoms with Crippen LogP contribution in [0, 0.1) is 0 Å². The third kappa shape index (κ3) is 4.64. The van der Waals surface area contributed by atoms with Gasteiger partial charge in [0.25, 0.3) is 0 Å². The molecule has 3 nitrogen and oxygen atoms in total. The van der Waals surface area contributed by atoms with Crippen LogP contribution < -0.4 is 11.1 Å². The second kappa shape index (κ2) is 6.90. The minimum absolute atomic E-state index is 0.0610. The molecule has 1 aromatic rings. The summed E-state index contributed by atoms with van der Waals surface area (Å²) in [6, 6.07) is 3.74. The van der Waals surface area contributed by atoms with Crippen molar-refractivity contribution >= 4 is 22.9 Å². The van der Waals surface area contributed by atoms with Gasteiger partial charge in [-0.3, -0.25) is 0 Å². The van der Waals surface area contributed by atoms with E-state index in [1.807, 2.05) is 6.92 Å². The number of alkyl halides is 3. The molecule has 0 aliphatic heterocycles. The Hall–Kier alpha value is -1.34. The van der Waals surface area contributed by atoms with Gasteiger partial charge in [-0.25, -0.2) is 0 Å². The number of nitrogens with one attached hydrogen (secondary N) is 1. The van der Waals surface area contributed by atoms with Crippen molar-refractivity contribution in [1.82, 2.24) is 0 Å². The molecule has 0 aliphatic rings. The molecule has 0 aliphatic carbocycles. The number of methoxy groups -OCH3 is 1. The summed E-state index contributed by atoms with van der Waals surface area (Å²) in [6.07, 6.45) is -3.74. The molecule has 0 aromatic heterocycles. The number of rotatable bonds is 6. The van der Waals surface area contributed by atoms with Gasteiger partial charge < -0.3 is 15.8 Å². The van der Waals surface area contributed by atoms with E-state index in [9.17, 15) is 13.2 Å². The second-order valence-corrected chi connectivity index (χ2v) is 4.89. The summed E-state index contributed by atoms with van der Waals surface area (Å²) in [5.74, 6) is 0. The highest BCUT2D eigenvalue weighted by molar-refractivity contribution is 7.80. The first-order chi connectivity index (χ1) is 9.25. The SMILES string of the molecule is COCCC(C)Nc1ccc(C(F)(F)F)c(C(N)=S)c1. The highest BCUT2D eigenvalue weighted by atomic mass is 32.1. The monoisotopic (exact) mass is 306 g/mol. The maximum absolute atomic E-state index is 12.8. The normalized spacial score (nSPS) is 13.1. The minimum atomic E-state index is -4.47. The maximum Gasteiger partial charge on any atom is 0.417 e. The van der Waals surface area contributed by atoms with Crippen LogP contribution in [0.2, 0.25) is 0 Å². The van der Waals surface area contributed by atoms with Gasteiger partial charge in [-0.1, -0.05) is 12.2 Å². The summed E-state index contributed by atoms with van der Waals surface area (Å²) < 4.78 is 43.4. The molecule has 0 radical (unpaired) electrons. The van der Waals surface area contributed by atoms with Crippen LogP contribution in [0.5, 0.6) is 0 Å². The molecular weight excluding hydrogens is 289 g/mol. The van der Waals surface area contributed by atoms with Crippen molar-refractivity contribution in [1.29, 1.82) is 0 Å². The van der Waals surface area contributed by atoms with Crippen LogP contribution in [0.3, 0.4) is 0 Å². The summed E-state index contributed by atoms with van der Waals surface area (Å²) in [7, 11) is 1.59. The van der Waals surface area contributed by atoms with Gasteiger partial charge in [-0.15, -0.1) is 0 Å². The number of anilines is 1. The highest BCUT2D eigenvalue weighted by Gasteiger charge is 2.34. The molecule has 0 saturated heterocycles. The number of nitrogens with two attached hydrogens (primary N) is 1. The van der Waals surface area contributed by atoms with Gasteiger partial charge in [0.2, 0.25) is 0 Å². The van der Waals surface area contributed by atoms with Crippen LogP contribution in [-0.2, 0) is 10.9 Å². The van der Waals surface area contributed by atoms with E-state index in [-0.39, 0.29) is 16.6 Å². The van der Waals surface area contributed by atoms with Crippen LogP contribution in [0.25, 0.3) is 0 Å². The summed E-state index contributed by atoms with van der Waals surface area (Å²) in [6.45, 7) is 2.48. The minimum Gasteiger partial charge on any atom is -0.389 e. The molecular formula is C13H17F3N2OS. The van der Waals surface area contributed by atoms with Crippen LogP contribution in [0.4, 0.5) is 18.9 Å². The lowest BCUT2D eigenvalue weighted by atomic mass is 10.1. The van der Waals surface area contributed by atoms with Gasteiger partial charge in [0.1, 0.15) is 4.99 Å². The molecule has 0 bridgehead atoms. The number of thiocarbonyl (C=S) groups is 1. The summed E-state index contributed by atoms with van der Waals surface area (Å²) >= 11 is 4.69. The lowest BCUT2D eigenvalue weighted by Gasteiger charge is -2.18. The third-order valence-electron chi connectivity index (χ3n) is 2.76. The fourth-order valence-corrected chi connectivity index (χ4v) is 1.91. The summed E-state index contributed by atoms with van der Waals surface area (Å²) in [5, 5.41) is 3.09. The summed E-state index contributed by atoms with van der Waals surface area (Å²) in [4.78, 5) is -0.273. The van der Waals surface area contributed by atoms with E-state index < -0.39 is 11.7 Å². The first kappa shape index (κ1) is 16.7. The fourth-order valence-electron chi connectivity index (χ4n) is 1.74. The largest absolute Gasteiger partial charge is 0.417 e. The van der Waals surface area contributed by atoms with Gasteiger partial charge in [0, 0.05) is 31.0 Å². The number of benzene rings is 1. The van der Waals surface area contributed by atoms with Crippen LogP contribution in [0.1, 0.15) is 24.5 Å². The molecule has 20 heavy (non-hydrogen) atoms. The molecule has 1 atom stereocenters. The van der Waals surface area contributed by atoms with Gasteiger partial charge in [-0.2, -0.15) is 13.2 Å². The molecule has 0 spiro atoms. The van der Waals surface area contributed by atoms with E-state index in [0.717, 1.165) is 12.5 Å². The lowest BCUT2D eigenvalue weighted by Crippen LogP contribution is -2.20. The molecule has 0 heterocycles. The topological polar surface area (TPSA) is 47.3 Å². The molecule has 3 N–H and O–H groups in total. The molecule has 1 rings (SSSR count). The smallest absolute Gasteiger partial charge is 0.389 e. The van der Waals surface area contributed by atoms with Crippen molar-refractivity contribution in [2.75, 3.05) is 19.0 Å². The molecule has 0 fully saturated rings. The number of hydrogen-bond donors (Lipinski definition) is 2. The molecule has 1 aromatic carbocycles. The number of hydrogen-bond acceptors (Lipinski definition) is 3. The Balaban J connectivity index is 2.96. The number of halogens is 3. The van der Waals surface area contributed by atoms with Crippen molar-refractivity contribution in [2.24, 2.45) is 5.73 Å². The zero-order valence-electron chi connectivity index (χ0n) is 11.3. The second-order valence-electron chi connectivity index (χ2n) is 4.45. The lowest BCUT2D eigenvalue weighted by molar-refractivity contribution is -0.137. The van der Waals surface area contributed by atoms with Crippen LogP contribution in [-0.4, -0.2) is 24.7 Å². The Kier molecular flexibility index (Phi) is 5.76. The Morgan fingerprint density at radius 1 is 1.45 bits per heavy atom. The predicted molar refractivity (Wildman–Crippen MR) is 76.9 cm³/mol. The molecule has 0 amide bonds. The van der Waals surface area contributed by atoms with E-state index in [2.05, 4.69) is 5.32 Å². The average Bonchev–Trinajstić information content (AvgIpc) is 2.34. The van der Waals surface area contributed by atoms with Gasteiger partial charge in [0.05, 0.1) is 5.56 Å². The van der Waals surface area contributed by atoms with Gasteiger partial charge in [-0.05, 0) is 31.5 Å². The molecule has 0 saturated carbocycles. The Morgan fingerprint density at radius 2 is 2.10 bits per heavy atom. The van der Waals surface area contributed by atoms with Crippen molar-refractivity contribution in [3.63, 3.8) is 0 Å². The highest BCUT2D eigenvalue weighted by Crippen LogP contribution is 2.33.